The molecule has 0 amide bonds. The molecule has 1 aromatic carbocycles. The van der Waals surface area contributed by atoms with E-state index in [1.807, 2.05) is 0 Å². The molecule has 0 aliphatic heterocycles. The molecule has 1 heterocycles. The molecule has 2 rings (SSSR count). The van der Waals surface area contributed by atoms with Crippen molar-refractivity contribution in [3.05, 3.63) is 46.5 Å². The molecule has 0 fully saturated rings. The summed E-state index contributed by atoms with van der Waals surface area (Å²) < 4.78 is 1.27. The maximum absolute atomic E-state index is 10.8. The molecule has 7 nitrogen and oxygen atoms in total. The summed E-state index contributed by atoms with van der Waals surface area (Å²) in [4.78, 5) is 24.5. The van der Waals surface area contributed by atoms with Gasteiger partial charge in [-0.15, -0.1) is 0 Å². The third-order valence-corrected chi connectivity index (χ3v) is 2.00. The second-order valence-corrected chi connectivity index (χ2v) is 2.96. The van der Waals surface area contributed by atoms with Crippen LogP contribution < -0.4 is 0 Å². The van der Waals surface area contributed by atoms with E-state index < -0.39 is 4.92 Å². The van der Waals surface area contributed by atoms with Gasteiger partial charge >= 0.3 is 0 Å². The van der Waals surface area contributed by atoms with Gasteiger partial charge in [0, 0.05) is 11.6 Å². The summed E-state index contributed by atoms with van der Waals surface area (Å²) in [5, 5.41) is 14.6. The molecule has 0 saturated carbocycles. The number of aromatic nitrogens is 3. The van der Waals surface area contributed by atoms with Crippen molar-refractivity contribution >= 4 is 12.0 Å². The number of nitro benzene ring substituents is 1. The van der Waals surface area contributed by atoms with Crippen LogP contribution in [0.25, 0.3) is 5.69 Å². The minimum Gasteiger partial charge on any atom is -0.298 e. The number of nitro groups is 1. The number of benzene rings is 1. The van der Waals surface area contributed by atoms with Crippen molar-refractivity contribution in [3.8, 4) is 5.69 Å². The van der Waals surface area contributed by atoms with Gasteiger partial charge in [0.2, 0.25) is 0 Å². The lowest BCUT2D eigenvalue weighted by Gasteiger charge is -2.02. The van der Waals surface area contributed by atoms with E-state index >= 15 is 0 Å². The van der Waals surface area contributed by atoms with Crippen molar-refractivity contribution in [2.24, 2.45) is 0 Å². The minimum absolute atomic E-state index is 0.185. The van der Waals surface area contributed by atoms with Crippen molar-refractivity contribution in [2.75, 3.05) is 0 Å². The Morgan fingerprint density at radius 2 is 2.25 bits per heavy atom. The zero-order chi connectivity index (χ0) is 11.5. The molecule has 16 heavy (non-hydrogen) atoms. The van der Waals surface area contributed by atoms with Crippen molar-refractivity contribution in [1.82, 2.24) is 14.8 Å². The molecule has 7 heteroatoms. The highest BCUT2D eigenvalue weighted by atomic mass is 16.6. The molecule has 0 radical (unpaired) electrons. The fourth-order valence-corrected chi connectivity index (χ4v) is 1.29. The molecule has 0 unspecified atom stereocenters. The molecule has 80 valence electrons. The van der Waals surface area contributed by atoms with Gasteiger partial charge in [-0.05, 0) is 12.1 Å². The fraction of sp³-hybridized carbons (Fsp3) is 0. The Morgan fingerprint density at radius 1 is 1.44 bits per heavy atom. The van der Waals surface area contributed by atoms with Gasteiger partial charge in [0.25, 0.3) is 5.69 Å². The Balaban J connectivity index is 2.61. The van der Waals surface area contributed by atoms with Crippen molar-refractivity contribution in [3.63, 3.8) is 0 Å². The Labute approximate surface area is 89.5 Å². The van der Waals surface area contributed by atoms with E-state index in [4.69, 9.17) is 0 Å². The quantitative estimate of drug-likeness (QED) is 0.435. The summed E-state index contributed by atoms with van der Waals surface area (Å²) in [6, 6.07) is 4.14. The maximum atomic E-state index is 10.8. The third-order valence-electron chi connectivity index (χ3n) is 2.00. The average Bonchev–Trinajstić information content (AvgIpc) is 2.81. The minimum atomic E-state index is -0.565. The van der Waals surface area contributed by atoms with E-state index in [9.17, 15) is 14.9 Å². The second kappa shape index (κ2) is 3.89. The lowest BCUT2D eigenvalue weighted by atomic mass is 10.2. The van der Waals surface area contributed by atoms with Gasteiger partial charge in [-0.2, -0.15) is 5.10 Å². The zero-order valence-corrected chi connectivity index (χ0v) is 7.98. The predicted molar refractivity (Wildman–Crippen MR) is 53.4 cm³/mol. The molecule has 2 aromatic rings. The smallest absolute Gasteiger partial charge is 0.295 e. The highest BCUT2D eigenvalue weighted by Gasteiger charge is 2.16. The molecule has 0 saturated heterocycles. The van der Waals surface area contributed by atoms with Gasteiger partial charge in [0.05, 0.1) is 4.92 Å². The SMILES string of the molecule is O=Cc1ccc(-n2cncn2)c([N+](=O)[O-])c1. The molecule has 0 spiro atoms. The summed E-state index contributed by atoms with van der Waals surface area (Å²) in [6.07, 6.45) is 3.18. The van der Waals surface area contributed by atoms with Crippen LogP contribution in [0.15, 0.2) is 30.9 Å². The normalized spacial score (nSPS) is 10.0. The molecule has 0 aliphatic carbocycles. The average molecular weight is 218 g/mol. The largest absolute Gasteiger partial charge is 0.298 e. The Bertz CT molecular complexity index is 536. The van der Waals surface area contributed by atoms with E-state index in [1.54, 1.807) is 0 Å². The van der Waals surface area contributed by atoms with Gasteiger partial charge in [0.15, 0.2) is 0 Å². The first-order chi connectivity index (χ1) is 7.72. The van der Waals surface area contributed by atoms with Gasteiger partial charge in [-0.3, -0.25) is 14.9 Å². The van der Waals surface area contributed by atoms with Gasteiger partial charge in [-0.1, -0.05) is 0 Å². The van der Waals surface area contributed by atoms with Gasteiger partial charge in [-0.25, -0.2) is 9.67 Å². The van der Waals surface area contributed by atoms with Crippen LogP contribution in [0.2, 0.25) is 0 Å². The van der Waals surface area contributed by atoms with Crippen LogP contribution in [-0.2, 0) is 0 Å². The van der Waals surface area contributed by atoms with E-state index in [1.165, 1.54) is 35.5 Å². The van der Waals surface area contributed by atoms with Crippen LogP contribution in [0.4, 0.5) is 5.69 Å². The molecule has 0 aliphatic rings. The van der Waals surface area contributed by atoms with Gasteiger partial charge in [0.1, 0.15) is 24.6 Å². The van der Waals surface area contributed by atoms with E-state index in [2.05, 4.69) is 10.1 Å². The van der Waals surface area contributed by atoms with Crippen molar-refractivity contribution in [2.45, 2.75) is 0 Å². The fourth-order valence-electron chi connectivity index (χ4n) is 1.29. The van der Waals surface area contributed by atoms with Gasteiger partial charge < -0.3 is 0 Å². The molecular formula is C9H6N4O3. The third kappa shape index (κ3) is 1.65. The molecule has 0 atom stereocenters. The summed E-state index contributed by atoms with van der Waals surface area (Å²) >= 11 is 0. The Morgan fingerprint density at radius 3 is 2.81 bits per heavy atom. The number of aldehydes is 1. The first kappa shape index (κ1) is 9.97. The van der Waals surface area contributed by atoms with Crippen LogP contribution in [0.1, 0.15) is 10.4 Å². The number of hydrogen-bond donors (Lipinski definition) is 0. The van der Waals surface area contributed by atoms with E-state index in [0.29, 0.717) is 6.29 Å². The first-order valence-corrected chi connectivity index (χ1v) is 4.31. The summed E-state index contributed by atoms with van der Waals surface area (Å²) in [5.74, 6) is 0. The lowest BCUT2D eigenvalue weighted by Crippen LogP contribution is -2.01. The number of rotatable bonds is 3. The highest BCUT2D eigenvalue weighted by Crippen LogP contribution is 2.22. The molecule has 0 N–H and O–H groups in total. The number of nitrogens with zero attached hydrogens (tertiary/aromatic N) is 4. The standard InChI is InChI=1S/C9H6N4O3/c14-4-7-1-2-8(9(3-7)13(15)16)12-6-10-5-11-12/h1-6H. The topological polar surface area (TPSA) is 90.9 Å². The molecule has 1 aromatic heterocycles. The molecule has 0 bridgehead atoms. The van der Waals surface area contributed by atoms with Crippen LogP contribution >= 0.6 is 0 Å². The predicted octanol–water partition coefficient (Wildman–Crippen LogP) is 0.988. The Hall–Kier alpha value is -2.57. The van der Waals surface area contributed by atoms with E-state index in [-0.39, 0.29) is 16.9 Å². The summed E-state index contributed by atoms with van der Waals surface area (Å²) in [6.45, 7) is 0. The van der Waals surface area contributed by atoms with Crippen LogP contribution in [0.3, 0.4) is 0 Å². The number of hydrogen-bond acceptors (Lipinski definition) is 5. The highest BCUT2D eigenvalue weighted by molar-refractivity contribution is 5.77. The zero-order valence-electron chi connectivity index (χ0n) is 7.98. The lowest BCUT2D eigenvalue weighted by molar-refractivity contribution is -0.384. The van der Waals surface area contributed by atoms with E-state index in [0.717, 1.165) is 0 Å². The number of carbonyl (C=O) groups is 1. The van der Waals surface area contributed by atoms with Crippen LogP contribution in [-0.4, -0.2) is 26.0 Å². The summed E-state index contributed by atoms with van der Waals surface area (Å²) in [5.41, 5.74) is 0.332. The summed E-state index contributed by atoms with van der Waals surface area (Å²) in [7, 11) is 0. The Kier molecular flexibility index (Phi) is 2.42. The number of carbonyl (C=O) groups excluding carboxylic acids is 1. The first-order valence-electron chi connectivity index (χ1n) is 4.31. The monoisotopic (exact) mass is 218 g/mol. The maximum Gasteiger partial charge on any atom is 0.295 e. The van der Waals surface area contributed by atoms with Crippen LogP contribution in [0, 0.1) is 10.1 Å². The second-order valence-electron chi connectivity index (χ2n) is 2.96. The van der Waals surface area contributed by atoms with Crippen molar-refractivity contribution < 1.29 is 9.72 Å². The van der Waals surface area contributed by atoms with Crippen molar-refractivity contribution in [1.29, 1.82) is 0 Å². The van der Waals surface area contributed by atoms with Crippen LogP contribution in [0.5, 0.6) is 0 Å². The molecular weight excluding hydrogens is 212 g/mol.